The molecule has 0 bridgehead atoms. The third-order valence-corrected chi connectivity index (χ3v) is 7.65. The van der Waals surface area contributed by atoms with E-state index in [0.29, 0.717) is 18.0 Å². The number of rotatable bonds is 9. The molecule has 0 saturated heterocycles. The summed E-state index contributed by atoms with van der Waals surface area (Å²) in [4.78, 5) is 16.0. The maximum atomic E-state index is 13.8. The van der Waals surface area contributed by atoms with Gasteiger partial charge in [0.05, 0.1) is 5.69 Å². The molecule has 0 radical (unpaired) electrons. The maximum absolute atomic E-state index is 13.8. The van der Waals surface area contributed by atoms with Gasteiger partial charge in [-0.3, -0.25) is 10.2 Å². The molecule has 1 aromatic heterocycles. The number of anilines is 1. The predicted octanol–water partition coefficient (Wildman–Crippen LogP) is 5.88. The number of ketones is 1. The van der Waals surface area contributed by atoms with E-state index >= 15 is 0 Å². The Labute approximate surface area is 213 Å². The highest BCUT2D eigenvalue weighted by Gasteiger charge is 2.37. The third kappa shape index (κ3) is 4.78. The number of hydrogen-bond donors (Lipinski definition) is 2. The summed E-state index contributed by atoms with van der Waals surface area (Å²) in [5.74, 6) is 0.823. The van der Waals surface area contributed by atoms with Crippen molar-refractivity contribution in [2.24, 2.45) is 17.6 Å². The Morgan fingerprint density at radius 2 is 1.75 bits per heavy atom. The number of nitrogens with zero attached hydrogens (tertiary/aromatic N) is 2. The molecule has 1 aliphatic carbocycles. The molecule has 5 nitrogen and oxygen atoms in total. The SMILES string of the molecule is CN(C)c1ccc(CCC2CC[C@H]2C(=O)c2cc3ccccc3n2Cc2cccc(C(=N)N)c2)cc1. The number of nitrogens with two attached hydrogens (primary N) is 1. The molecule has 0 spiro atoms. The first-order valence-electron chi connectivity index (χ1n) is 12.7. The Hall–Kier alpha value is -3.86. The topological polar surface area (TPSA) is 75.1 Å². The van der Waals surface area contributed by atoms with Crippen molar-refractivity contribution < 1.29 is 4.79 Å². The van der Waals surface area contributed by atoms with Crippen molar-refractivity contribution in [3.05, 3.63) is 101 Å². The second kappa shape index (κ2) is 10.0. The van der Waals surface area contributed by atoms with Crippen LogP contribution in [0.15, 0.2) is 78.9 Å². The summed E-state index contributed by atoms with van der Waals surface area (Å²) in [6.07, 6.45) is 4.12. The number of fused-ring (bicyclic) bond motifs is 1. The van der Waals surface area contributed by atoms with Crippen LogP contribution in [0.1, 0.15) is 46.4 Å². The summed E-state index contributed by atoms with van der Waals surface area (Å²) < 4.78 is 2.15. The van der Waals surface area contributed by atoms with Crippen LogP contribution < -0.4 is 10.6 Å². The number of carbonyl (C=O) groups excluding carboxylic acids is 1. The number of Topliss-reactive ketones (excluding diaryl/α,β-unsaturated/α-hetero) is 1. The molecule has 5 heteroatoms. The van der Waals surface area contributed by atoms with E-state index in [1.54, 1.807) is 0 Å². The molecule has 1 saturated carbocycles. The number of amidine groups is 1. The van der Waals surface area contributed by atoms with E-state index in [2.05, 4.69) is 66.0 Å². The Kier molecular flexibility index (Phi) is 6.64. The number of nitrogens with one attached hydrogen (secondary N) is 1. The van der Waals surface area contributed by atoms with Gasteiger partial charge in [-0.2, -0.15) is 0 Å². The van der Waals surface area contributed by atoms with Gasteiger partial charge in [-0.15, -0.1) is 0 Å². The molecular formula is C31H34N4O. The molecule has 4 aromatic rings. The predicted molar refractivity (Wildman–Crippen MR) is 148 cm³/mol. The highest BCUT2D eigenvalue weighted by atomic mass is 16.1. The van der Waals surface area contributed by atoms with Crippen molar-refractivity contribution in [3.8, 4) is 0 Å². The highest BCUT2D eigenvalue weighted by Crippen LogP contribution is 2.40. The summed E-state index contributed by atoms with van der Waals surface area (Å²) in [7, 11) is 4.11. The standard InChI is InChI=1S/C31H34N4O/c1-34(2)26-15-11-21(12-16-26)10-13-23-14-17-27(23)30(36)29-19-24-7-3-4-9-28(24)35(29)20-22-6-5-8-25(18-22)31(32)33/h3-9,11-12,15-16,18-19,23,27H,10,13-14,17,20H2,1-2H3,(H3,32,33)/t23?,27-/m1/s1. The number of nitrogen functional groups attached to an aromatic ring is 1. The van der Waals surface area contributed by atoms with E-state index in [1.165, 1.54) is 11.3 Å². The minimum atomic E-state index is 0.0548. The van der Waals surface area contributed by atoms with Crippen LogP contribution in [0.2, 0.25) is 0 Å². The van der Waals surface area contributed by atoms with Crippen molar-refractivity contribution in [1.82, 2.24) is 4.57 Å². The first-order valence-corrected chi connectivity index (χ1v) is 12.7. The van der Waals surface area contributed by atoms with Crippen LogP contribution >= 0.6 is 0 Å². The molecule has 5 rings (SSSR count). The summed E-state index contributed by atoms with van der Waals surface area (Å²) in [6.45, 7) is 0.575. The number of aromatic nitrogens is 1. The molecule has 1 unspecified atom stereocenters. The summed E-state index contributed by atoms with van der Waals surface area (Å²) in [5.41, 5.74) is 11.8. The second-order valence-electron chi connectivity index (χ2n) is 10.2. The first kappa shape index (κ1) is 23.9. The Morgan fingerprint density at radius 1 is 0.972 bits per heavy atom. The lowest BCUT2D eigenvalue weighted by Crippen LogP contribution is -2.34. The van der Waals surface area contributed by atoms with Crippen LogP contribution in [0.4, 0.5) is 5.69 Å². The van der Waals surface area contributed by atoms with Crippen LogP contribution in [0.3, 0.4) is 0 Å². The van der Waals surface area contributed by atoms with Crippen LogP contribution in [0, 0.1) is 17.2 Å². The number of aryl methyl sites for hydroxylation is 1. The fraction of sp³-hybridized carbons (Fsp3) is 0.290. The van der Waals surface area contributed by atoms with Gasteiger partial charge in [0, 0.05) is 48.7 Å². The summed E-state index contributed by atoms with van der Waals surface area (Å²) >= 11 is 0. The van der Waals surface area contributed by atoms with Gasteiger partial charge in [-0.25, -0.2) is 0 Å². The molecule has 1 fully saturated rings. The van der Waals surface area contributed by atoms with Gasteiger partial charge in [0.2, 0.25) is 0 Å². The van der Waals surface area contributed by atoms with Gasteiger partial charge < -0.3 is 15.2 Å². The zero-order valence-corrected chi connectivity index (χ0v) is 21.1. The van der Waals surface area contributed by atoms with E-state index in [0.717, 1.165) is 47.8 Å². The van der Waals surface area contributed by atoms with Crippen LogP contribution in [-0.2, 0) is 13.0 Å². The molecule has 3 aromatic carbocycles. The van der Waals surface area contributed by atoms with Crippen molar-refractivity contribution in [2.75, 3.05) is 19.0 Å². The quantitative estimate of drug-likeness (QED) is 0.179. The van der Waals surface area contributed by atoms with Crippen molar-refractivity contribution in [1.29, 1.82) is 5.41 Å². The van der Waals surface area contributed by atoms with Gasteiger partial charge >= 0.3 is 0 Å². The van der Waals surface area contributed by atoms with Crippen molar-refractivity contribution in [3.63, 3.8) is 0 Å². The van der Waals surface area contributed by atoms with Gasteiger partial charge in [0.25, 0.3) is 0 Å². The Bertz CT molecular complexity index is 1400. The molecule has 2 atom stereocenters. The minimum absolute atomic E-state index is 0.0548. The molecule has 0 aliphatic heterocycles. The van der Waals surface area contributed by atoms with E-state index in [9.17, 15) is 4.79 Å². The van der Waals surface area contributed by atoms with Crippen LogP contribution in [0.5, 0.6) is 0 Å². The molecule has 3 N–H and O–H groups in total. The lowest BCUT2D eigenvalue weighted by molar-refractivity contribution is 0.0715. The lowest BCUT2D eigenvalue weighted by atomic mass is 9.68. The lowest BCUT2D eigenvalue weighted by Gasteiger charge is -2.36. The molecule has 184 valence electrons. The average Bonchev–Trinajstić information content (AvgIpc) is 3.22. The van der Waals surface area contributed by atoms with Gasteiger partial charge in [-0.1, -0.05) is 48.5 Å². The Balaban J connectivity index is 1.36. The molecular weight excluding hydrogens is 444 g/mol. The molecule has 1 heterocycles. The highest BCUT2D eigenvalue weighted by molar-refractivity contribution is 6.02. The van der Waals surface area contributed by atoms with Crippen LogP contribution in [-0.4, -0.2) is 30.3 Å². The zero-order valence-electron chi connectivity index (χ0n) is 21.1. The zero-order chi connectivity index (χ0) is 25.2. The Morgan fingerprint density at radius 3 is 2.44 bits per heavy atom. The fourth-order valence-electron chi connectivity index (χ4n) is 5.37. The maximum Gasteiger partial charge on any atom is 0.182 e. The second-order valence-corrected chi connectivity index (χ2v) is 10.2. The number of benzene rings is 3. The van der Waals surface area contributed by atoms with E-state index in [4.69, 9.17) is 11.1 Å². The fourth-order valence-corrected chi connectivity index (χ4v) is 5.37. The monoisotopic (exact) mass is 478 g/mol. The van der Waals surface area contributed by atoms with Crippen molar-refractivity contribution >= 4 is 28.2 Å². The van der Waals surface area contributed by atoms with Gasteiger partial charge in [-0.05, 0) is 73.1 Å². The summed E-state index contributed by atoms with van der Waals surface area (Å²) in [5, 5.41) is 8.86. The number of hydrogen-bond acceptors (Lipinski definition) is 3. The molecule has 1 aliphatic rings. The van der Waals surface area contributed by atoms with Crippen LogP contribution in [0.25, 0.3) is 10.9 Å². The largest absolute Gasteiger partial charge is 0.384 e. The van der Waals surface area contributed by atoms with E-state index < -0.39 is 0 Å². The van der Waals surface area contributed by atoms with Gasteiger partial charge in [0.1, 0.15) is 5.84 Å². The smallest absolute Gasteiger partial charge is 0.182 e. The molecule has 36 heavy (non-hydrogen) atoms. The number of carbonyl (C=O) groups is 1. The normalized spacial score (nSPS) is 17.1. The minimum Gasteiger partial charge on any atom is -0.384 e. The average molecular weight is 479 g/mol. The van der Waals surface area contributed by atoms with E-state index in [1.807, 2.05) is 36.4 Å². The summed E-state index contributed by atoms with van der Waals surface area (Å²) in [6, 6.07) is 26.7. The van der Waals surface area contributed by atoms with Gasteiger partial charge in [0.15, 0.2) is 5.78 Å². The van der Waals surface area contributed by atoms with Crippen molar-refractivity contribution in [2.45, 2.75) is 32.2 Å². The first-order chi connectivity index (χ1) is 17.4. The molecule has 0 amide bonds. The van der Waals surface area contributed by atoms with E-state index in [-0.39, 0.29) is 17.5 Å². The third-order valence-electron chi connectivity index (χ3n) is 7.65. The number of para-hydroxylation sites is 1.